The molecule has 0 unspecified atom stereocenters. The summed E-state index contributed by atoms with van der Waals surface area (Å²) < 4.78 is 5.16. The molecule has 0 atom stereocenters. The van der Waals surface area contributed by atoms with Crippen LogP contribution in [0.25, 0.3) is 0 Å². The third-order valence-corrected chi connectivity index (χ3v) is 4.39. The minimum Gasteiger partial charge on any atom is -0.361 e. The Balaban J connectivity index is 0.00000243. The van der Waals surface area contributed by atoms with Gasteiger partial charge < -0.3 is 20.1 Å². The lowest BCUT2D eigenvalue weighted by atomic mass is 10.2. The summed E-state index contributed by atoms with van der Waals surface area (Å²) >= 11 is 0. The van der Waals surface area contributed by atoms with Crippen molar-refractivity contribution in [3.8, 4) is 0 Å². The zero-order valence-corrected chi connectivity index (χ0v) is 17.5. The number of para-hydroxylation sites is 1. The van der Waals surface area contributed by atoms with Gasteiger partial charge in [0.25, 0.3) is 0 Å². The number of nitrogens with one attached hydrogen (secondary N) is 2. The monoisotopic (exact) mass is 469 g/mol. The quantitative estimate of drug-likeness (QED) is 0.399. The molecule has 0 aliphatic carbocycles. The molecule has 3 rings (SSSR count). The first kappa shape index (κ1) is 20.2. The van der Waals surface area contributed by atoms with Gasteiger partial charge in [-0.15, -0.1) is 24.0 Å². The number of nitrogens with zero attached hydrogens (tertiary/aromatic N) is 3. The van der Waals surface area contributed by atoms with Gasteiger partial charge in [-0.25, -0.2) is 0 Å². The number of carbonyl (C=O) groups excluding carboxylic acids is 1. The molecular weight excluding hydrogens is 445 g/mol. The summed E-state index contributed by atoms with van der Waals surface area (Å²) in [4.78, 5) is 18.2. The number of benzene rings is 1. The van der Waals surface area contributed by atoms with Crippen molar-refractivity contribution in [2.24, 2.45) is 4.99 Å². The van der Waals surface area contributed by atoms with Crippen LogP contribution in [0.1, 0.15) is 22.6 Å². The maximum absolute atomic E-state index is 12.2. The fourth-order valence-corrected chi connectivity index (χ4v) is 2.99. The smallest absolute Gasteiger partial charge is 0.231 e. The van der Waals surface area contributed by atoms with Crippen molar-refractivity contribution in [1.82, 2.24) is 15.8 Å². The van der Waals surface area contributed by atoms with Crippen molar-refractivity contribution in [3.05, 3.63) is 46.8 Å². The van der Waals surface area contributed by atoms with Crippen molar-refractivity contribution in [2.75, 3.05) is 25.0 Å². The zero-order chi connectivity index (χ0) is 17.8. The Kier molecular flexibility index (Phi) is 7.01. The molecule has 2 N–H and O–H groups in total. The number of hydrogen-bond donors (Lipinski definition) is 2. The minimum absolute atomic E-state index is 0. The number of amides is 1. The number of aromatic nitrogens is 1. The third-order valence-electron chi connectivity index (χ3n) is 4.39. The maximum Gasteiger partial charge on any atom is 0.231 e. The molecule has 2 heterocycles. The highest BCUT2D eigenvalue weighted by atomic mass is 127. The van der Waals surface area contributed by atoms with Crippen LogP contribution < -0.4 is 15.5 Å². The second-order valence-electron chi connectivity index (χ2n) is 6.01. The Bertz CT molecular complexity index is 783. The van der Waals surface area contributed by atoms with Crippen molar-refractivity contribution < 1.29 is 9.32 Å². The van der Waals surface area contributed by atoms with Crippen LogP contribution in [0.2, 0.25) is 0 Å². The van der Waals surface area contributed by atoms with Crippen LogP contribution in [-0.2, 0) is 17.8 Å². The molecule has 0 saturated heterocycles. The van der Waals surface area contributed by atoms with Crippen LogP contribution in [0.5, 0.6) is 0 Å². The number of carbonyl (C=O) groups is 1. The molecule has 26 heavy (non-hydrogen) atoms. The average Bonchev–Trinajstić information content (AvgIpc) is 3.10. The van der Waals surface area contributed by atoms with Gasteiger partial charge in [0.2, 0.25) is 5.91 Å². The van der Waals surface area contributed by atoms with Crippen LogP contribution in [0.4, 0.5) is 5.69 Å². The highest BCUT2D eigenvalue weighted by Crippen LogP contribution is 2.27. The molecule has 140 valence electrons. The normalized spacial score (nSPS) is 13.4. The van der Waals surface area contributed by atoms with E-state index in [0.717, 1.165) is 28.3 Å². The number of rotatable bonds is 5. The molecule has 1 aromatic carbocycles. The summed E-state index contributed by atoms with van der Waals surface area (Å²) in [6.45, 7) is 5.61. The van der Waals surface area contributed by atoms with Gasteiger partial charge in [-0.1, -0.05) is 23.4 Å². The van der Waals surface area contributed by atoms with E-state index in [1.807, 2.05) is 43.0 Å². The summed E-state index contributed by atoms with van der Waals surface area (Å²) in [5, 5.41) is 10.4. The van der Waals surface area contributed by atoms with Crippen molar-refractivity contribution in [1.29, 1.82) is 0 Å². The summed E-state index contributed by atoms with van der Waals surface area (Å²) in [5.41, 5.74) is 4.01. The lowest BCUT2D eigenvalue weighted by molar-refractivity contribution is -0.117. The highest BCUT2D eigenvalue weighted by Gasteiger charge is 2.26. The summed E-state index contributed by atoms with van der Waals surface area (Å²) in [7, 11) is 1.72. The average molecular weight is 469 g/mol. The lowest BCUT2D eigenvalue weighted by Gasteiger charge is -2.19. The van der Waals surface area contributed by atoms with Gasteiger partial charge in [-0.2, -0.15) is 0 Å². The fourth-order valence-electron chi connectivity index (χ4n) is 2.99. The van der Waals surface area contributed by atoms with Crippen LogP contribution in [0.3, 0.4) is 0 Å². The summed E-state index contributed by atoms with van der Waals surface area (Å²) in [6, 6.07) is 7.92. The van der Waals surface area contributed by atoms with E-state index in [-0.39, 0.29) is 29.9 Å². The fraction of sp³-hybridized carbons (Fsp3) is 0.389. The van der Waals surface area contributed by atoms with E-state index in [1.165, 1.54) is 0 Å². The minimum atomic E-state index is 0. The van der Waals surface area contributed by atoms with Crippen LogP contribution in [0.15, 0.2) is 33.8 Å². The molecule has 0 bridgehead atoms. The Hall–Kier alpha value is -2.10. The van der Waals surface area contributed by atoms with E-state index in [4.69, 9.17) is 4.52 Å². The number of guanidine groups is 1. The second-order valence-corrected chi connectivity index (χ2v) is 6.01. The topological polar surface area (TPSA) is 82.8 Å². The van der Waals surface area contributed by atoms with Gasteiger partial charge in [-0.05, 0) is 25.5 Å². The predicted octanol–water partition coefficient (Wildman–Crippen LogP) is 2.16. The van der Waals surface area contributed by atoms with Gasteiger partial charge in [0.05, 0.1) is 12.1 Å². The van der Waals surface area contributed by atoms with Gasteiger partial charge >= 0.3 is 0 Å². The van der Waals surface area contributed by atoms with Gasteiger partial charge in [-0.3, -0.25) is 9.79 Å². The molecule has 0 spiro atoms. The molecule has 1 aromatic heterocycles. The Morgan fingerprint density at radius 2 is 2.08 bits per heavy atom. The third kappa shape index (κ3) is 4.35. The first-order valence-corrected chi connectivity index (χ1v) is 8.34. The number of hydrogen-bond acceptors (Lipinski definition) is 4. The number of anilines is 1. The van der Waals surface area contributed by atoms with Crippen molar-refractivity contribution in [2.45, 2.75) is 26.8 Å². The molecule has 8 heteroatoms. The van der Waals surface area contributed by atoms with E-state index >= 15 is 0 Å². The van der Waals surface area contributed by atoms with Crippen LogP contribution in [0, 0.1) is 13.8 Å². The highest BCUT2D eigenvalue weighted by molar-refractivity contribution is 14.0. The van der Waals surface area contributed by atoms with Gasteiger partial charge in [0.1, 0.15) is 5.76 Å². The Labute approximate surface area is 170 Å². The molecule has 1 amide bonds. The first-order valence-electron chi connectivity index (χ1n) is 8.34. The lowest BCUT2D eigenvalue weighted by Crippen LogP contribution is -2.42. The number of fused-ring (bicyclic) bond motifs is 1. The predicted molar refractivity (Wildman–Crippen MR) is 112 cm³/mol. The van der Waals surface area contributed by atoms with Crippen LogP contribution in [-0.4, -0.2) is 37.2 Å². The molecule has 0 fully saturated rings. The van der Waals surface area contributed by atoms with E-state index in [2.05, 4.69) is 20.8 Å². The summed E-state index contributed by atoms with van der Waals surface area (Å²) in [6.07, 6.45) is 0.481. The Morgan fingerprint density at radius 1 is 1.31 bits per heavy atom. The van der Waals surface area contributed by atoms with E-state index < -0.39 is 0 Å². The molecule has 2 aromatic rings. The largest absolute Gasteiger partial charge is 0.361 e. The molecule has 0 radical (unpaired) electrons. The SMILES string of the molecule is CN=C(NCCN1C(=O)Cc2ccccc21)NCc1c(C)noc1C.I. The molecule has 0 saturated carbocycles. The molecular formula is C18H24IN5O2. The van der Waals surface area contributed by atoms with Crippen molar-refractivity contribution in [3.63, 3.8) is 0 Å². The molecule has 1 aliphatic rings. The molecule has 7 nitrogen and oxygen atoms in total. The van der Waals surface area contributed by atoms with E-state index in [9.17, 15) is 4.79 Å². The van der Waals surface area contributed by atoms with E-state index in [0.29, 0.717) is 32.0 Å². The summed E-state index contributed by atoms with van der Waals surface area (Å²) in [5.74, 6) is 1.63. The Morgan fingerprint density at radius 3 is 2.77 bits per heavy atom. The number of aliphatic imine (C=N–C) groups is 1. The first-order chi connectivity index (χ1) is 12.1. The van der Waals surface area contributed by atoms with Crippen LogP contribution >= 0.6 is 24.0 Å². The zero-order valence-electron chi connectivity index (χ0n) is 15.2. The standard InChI is InChI=1S/C18H23N5O2.HI/c1-12-15(13(2)25-22-12)11-21-18(19-3)20-8-9-23-16-7-5-4-6-14(16)10-17(23)24;/h4-7H,8-11H2,1-3H3,(H2,19,20,21);1H. The van der Waals surface area contributed by atoms with Crippen molar-refractivity contribution >= 4 is 41.5 Å². The van der Waals surface area contributed by atoms with Gasteiger partial charge in [0.15, 0.2) is 5.96 Å². The maximum atomic E-state index is 12.2. The van der Waals surface area contributed by atoms with E-state index in [1.54, 1.807) is 7.05 Å². The number of aryl methyl sites for hydroxylation is 2. The second kappa shape index (κ2) is 9.02. The number of halogens is 1. The molecule has 1 aliphatic heterocycles. The van der Waals surface area contributed by atoms with Gasteiger partial charge in [0, 0.05) is 37.9 Å².